The van der Waals surface area contributed by atoms with Gasteiger partial charge in [-0.25, -0.2) is 4.79 Å². The number of hydrogen-bond donors (Lipinski definition) is 0. The van der Waals surface area contributed by atoms with Crippen molar-refractivity contribution in [2.75, 3.05) is 7.11 Å². The lowest BCUT2D eigenvalue weighted by Gasteiger charge is -2.13. The first kappa shape index (κ1) is 12.3. The van der Waals surface area contributed by atoms with Crippen LogP contribution >= 0.6 is 27.5 Å². The van der Waals surface area contributed by atoms with Crippen LogP contribution in [-0.4, -0.2) is 19.2 Å². The predicted octanol–water partition coefficient (Wildman–Crippen LogP) is 3.04. The monoisotopic (exact) mass is 292 g/mol. The number of ether oxygens (including phenoxy) is 2. The summed E-state index contributed by atoms with van der Waals surface area (Å²) in [6.45, 7) is 1.61. The van der Waals surface area contributed by atoms with Gasteiger partial charge in [0.1, 0.15) is 5.75 Å². The van der Waals surface area contributed by atoms with Gasteiger partial charge in [-0.3, -0.25) is 0 Å². The molecule has 82 valence electrons. The molecule has 0 fully saturated rings. The molecule has 0 heterocycles. The number of hydrogen-bond acceptors (Lipinski definition) is 3. The molecule has 0 N–H and O–H groups in total. The third kappa shape index (κ3) is 3.11. The van der Waals surface area contributed by atoms with Crippen molar-refractivity contribution in [2.45, 2.75) is 13.0 Å². The summed E-state index contributed by atoms with van der Waals surface area (Å²) in [6, 6.07) is 5.18. The van der Waals surface area contributed by atoms with Crippen LogP contribution in [0.1, 0.15) is 6.92 Å². The fraction of sp³-hybridized carbons (Fsp3) is 0.300. The summed E-state index contributed by atoms with van der Waals surface area (Å²) in [5.74, 6) is 0.0854. The number of benzene rings is 1. The molecule has 0 saturated carbocycles. The van der Waals surface area contributed by atoms with E-state index in [2.05, 4.69) is 20.7 Å². The van der Waals surface area contributed by atoms with E-state index in [0.717, 1.165) is 0 Å². The van der Waals surface area contributed by atoms with Crippen LogP contribution in [0.2, 0.25) is 5.02 Å². The molecule has 1 unspecified atom stereocenters. The van der Waals surface area contributed by atoms with E-state index in [-0.39, 0.29) is 0 Å². The van der Waals surface area contributed by atoms with Crippen molar-refractivity contribution in [3.8, 4) is 5.75 Å². The highest BCUT2D eigenvalue weighted by molar-refractivity contribution is 9.10. The van der Waals surface area contributed by atoms with E-state index in [4.69, 9.17) is 16.3 Å². The number of halogens is 2. The van der Waals surface area contributed by atoms with E-state index in [0.29, 0.717) is 15.2 Å². The minimum Gasteiger partial charge on any atom is -0.478 e. The van der Waals surface area contributed by atoms with E-state index >= 15 is 0 Å². The van der Waals surface area contributed by atoms with E-state index < -0.39 is 12.1 Å². The SMILES string of the molecule is COC(=O)C(C)Oc1cccc(Cl)c1Br. The third-order valence-electron chi connectivity index (χ3n) is 1.75. The van der Waals surface area contributed by atoms with Crippen LogP contribution in [-0.2, 0) is 9.53 Å². The third-order valence-corrected chi connectivity index (χ3v) is 3.11. The summed E-state index contributed by atoms with van der Waals surface area (Å²) in [5.41, 5.74) is 0. The molecule has 0 aromatic heterocycles. The second kappa shape index (κ2) is 5.37. The lowest BCUT2D eigenvalue weighted by atomic mass is 10.3. The van der Waals surface area contributed by atoms with Crippen molar-refractivity contribution >= 4 is 33.5 Å². The van der Waals surface area contributed by atoms with Gasteiger partial charge in [-0.05, 0) is 35.0 Å². The first-order chi connectivity index (χ1) is 7.06. The molecule has 3 nitrogen and oxygen atoms in total. The van der Waals surface area contributed by atoms with Gasteiger partial charge in [0.15, 0.2) is 6.10 Å². The zero-order chi connectivity index (χ0) is 11.4. The number of carbonyl (C=O) groups excluding carboxylic acids is 1. The molecule has 1 rings (SSSR count). The molecule has 0 saturated heterocycles. The lowest BCUT2D eigenvalue weighted by molar-refractivity contribution is -0.147. The van der Waals surface area contributed by atoms with Gasteiger partial charge in [0, 0.05) is 0 Å². The fourth-order valence-electron chi connectivity index (χ4n) is 0.980. The summed E-state index contributed by atoms with van der Waals surface area (Å²) in [4.78, 5) is 11.1. The smallest absolute Gasteiger partial charge is 0.346 e. The molecule has 1 atom stereocenters. The maximum Gasteiger partial charge on any atom is 0.346 e. The summed E-state index contributed by atoms with van der Waals surface area (Å²) in [5, 5.41) is 0.532. The molecule has 1 aromatic carbocycles. The van der Waals surface area contributed by atoms with Gasteiger partial charge in [0.25, 0.3) is 0 Å². The standard InChI is InChI=1S/C10H10BrClO3/c1-6(10(13)14-2)15-8-5-3-4-7(12)9(8)11/h3-6H,1-2H3. The Hall–Kier alpha value is -0.740. The molecule has 0 bridgehead atoms. The van der Waals surface area contributed by atoms with Gasteiger partial charge in [-0.1, -0.05) is 17.7 Å². The Kier molecular flexibility index (Phi) is 4.42. The van der Waals surface area contributed by atoms with Crippen LogP contribution in [0.15, 0.2) is 22.7 Å². The average molecular weight is 294 g/mol. The molecule has 0 aliphatic rings. The minimum absolute atomic E-state index is 0.429. The molecule has 1 aromatic rings. The summed E-state index contributed by atoms with van der Waals surface area (Å²) in [7, 11) is 1.31. The van der Waals surface area contributed by atoms with Crippen LogP contribution in [0.25, 0.3) is 0 Å². The van der Waals surface area contributed by atoms with E-state index in [9.17, 15) is 4.79 Å². The molecular weight excluding hydrogens is 283 g/mol. The quantitative estimate of drug-likeness (QED) is 0.804. The van der Waals surface area contributed by atoms with Crippen LogP contribution in [0.4, 0.5) is 0 Å². The van der Waals surface area contributed by atoms with Crippen LogP contribution in [0, 0.1) is 0 Å². The van der Waals surface area contributed by atoms with E-state index in [1.165, 1.54) is 7.11 Å². The Morgan fingerprint density at radius 3 is 2.80 bits per heavy atom. The van der Waals surface area contributed by atoms with E-state index in [1.54, 1.807) is 25.1 Å². The fourth-order valence-corrected chi connectivity index (χ4v) is 1.50. The highest BCUT2D eigenvalue weighted by Gasteiger charge is 2.16. The van der Waals surface area contributed by atoms with Crippen molar-refractivity contribution in [1.82, 2.24) is 0 Å². The van der Waals surface area contributed by atoms with Gasteiger partial charge in [-0.15, -0.1) is 0 Å². The summed E-state index contributed by atoms with van der Waals surface area (Å²) >= 11 is 9.14. The highest BCUT2D eigenvalue weighted by Crippen LogP contribution is 2.32. The molecule has 0 aliphatic carbocycles. The summed E-state index contributed by atoms with van der Waals surface area (Å²) in [6.07, 6.45) is -0.662. The molecule has 5 heteroatoms. The van der Waals surface area contributed by atoms with Gasteiger partial charge < -0.3 is 9.47 Å². The number of rotatable bonds is 3. The Morgan fingerprint density at radius 1 is 1.53 bits per heavy atom. The molecule has 0 spiro atoms. The highest BCUT2D eigenvalue weighted by atomic mass is 79.9. The largest absolute Gasteiger partial charge is 0.478 e. The first-order valence-corrected chi connectivity index (χ1v) is 5.42. The molecular formula is C10H10BrClO3. The Bertz CT molecular complexity index is 368. The van der Waals surface area contributed by atoms with E-state index in [1.807, 2.05) is 0 Å². The predicted molar refractivity (Wildman–Crippen MR) is 61.3 cm³/mol. The lowest BCUT2D eigenvalue weighted by Crippen LogP contribution is -2.25. The van der Waals surface area contributed by atoms with Gasteiger partial charge in [-0.2, -0.15) is 0 Å². The second-order valence-corrected chi connectivity index (χ2v) is 4.04. The van der Waals surface area contributed by atoms with Crippen molar-refractivity contribution in [1.29, 1.82) is 0 Å². The van der Waals surface area contributed by atoms with Crippen LogP contribution in [0.5, 0.6) is 5.75 Å². The summed E-state index contributed by atoms with van der Waals surface area (Å²) < 4.78 is 10.5. The van der Waals surface area contributed by atoms with Crippen LogP contribution < -0.4 is 4.74 Å². The first-order valence-electron chi connectivity index (χ1n) is 4.24. The van der Waals surface area contributed by atoms with Gasteiger partial charge >= 0.3 is 5.97 Å². The maximum atomic E-state index is 11.1. The molecule has 0 aliphatic heterocycles. The maximum absolute atomic E-state index is 11.1. The number of methoxy groups -OCH3 is 1. The minimum atomic E-state index is -0.662. The van der Waals surface area contributed by atoms with Gasteiger partial charge in [0.05, 0.1) is 16.6 Å². The molecule has 0 radical (unpaired) electrons. The molecule has 0 amide bonds. The number of esters is 1. The van der Waals surface area contributed by atoms with Crippen LogP contribution in [0.3, 0.4) is 0 Å². The Morgan fingerprint density at radius 2 is 2.20 bits per heavy atom. The van der Waals surface area contributed by atoms with Crippen molar-refractivity contribution in [3.63, 3.8) is 0 Å². The number of carbonyl (C=O) groups is 1. The zero-order valence-electron chi connectivity index (χ0n) is 8.29. The van der Waals surface area contributed by atoms with Crippen molar-refractivity contribution in [2.24, 2.45) is 0 Å². The second-order valence-electron chi connectivity index (χ2n) is 2.84. The Labute approximate surface area is 101 Å². The normalized spacial score (nSPS) is 12.0. The zero-order valence-corrected chi connectivity index (χ0v) is 10.6. The van der Waals surface area contributed by atoms with Gasteiger partial charge in [0.2, 0.25) is 0 Å². The Balaban J connectivity index is 2.81. The topological polar surface area (TPSA) is 35.5 Å². The van der Waals surface area contributed by atoms with Crippen molar-refractivity contribution in [3.05, 3.63) is 27.7 Å². The molecule has 15 heavy (non-hydrogen) atoms. The van der Waals surface area contributed by atoms with Crippen molar-refractivity contribution < 1.29 is 14.3 Å². The average Bonchev–Trinajstić information content (AvgIpc) is 2.23.